The molecule has 1 saturated heterocycles. The first kappa shape index (κ1) is 9.43. The molecule has 5 heteroatoms. The van der Waals surface area contributed by atoms with Gasteiger partial charge in [0.2, 0.25) is 11.8 Å². The quantitative estimate of drug-likeness (QED) is 0.645. The van der Waals surface area contributed by atoms with Crippen molar-refractivity contribution in [2.75, 3.05) is 6.54 Å². The van der Waals surface area contributed by atoms with Crippen LogP contribution in [-0.4, -0.2) is 30.6 Å². The first-order valence-electron chi connectivity index (χ1n) is 4.77. The van der Waals surface area contributed by atoms with Crippen LogP contribution in [0.3, 0.4) is 0 Å². The van der Waals surface area contributed by atoms with Crippen LogP contribution in [0.5, 0.6) is 0 Å². The van der Waals surface area contributed by atoms with Crippen molar-refractivity contribution in [3.8, 4) is 0 Å². The Balaban J connectivity index is 1.92. The fourth-order valence-corrected chi connectivity index (χ4v) is 1.60. The maximum Gasteiger partial charge on any atom is 0.242 e. The Morgan fingerprint density at radius 2 is 2.36 bits per heavy atom. The maximum atomic E-state index is 12.8. The number of carbonyl (C=O) groups excluding carboxylic acids is 2. The third kappa shape index (κ3) is 1.36. The van der Waals surface area contributed by atoms with E-state index >= 15 is 0 Å². The van der Waals surface area contributed by atoms with Crippen molar-refractivity contribution in [2.45, 2.75) is 32.0 Å². The van der Waals surface area contributed by atoms with Crippen LogP contribution in [-0.2, 0) is 9.59 Å². The summed E-state index contributed by atoms with van der Waals surface area (Å²) in [4.78, 5) is 22.6. The van der Waals surface area contributed by atoms with Gasteiger partial charge in [0.1, 0.15) is 12.2 Å². The highest BCUT2D eigenvalue weighted by atomic mass is 19.1. The van der Waals surface area contributed by atoms with E-state index in [1.807, 2.05) is 0 Å². The van der Waals surface area contributed by atoms with Crippen LogP contribution in [0.1, 0.15) is 19.8 Å². The zero-order valence-corrected chi connectivity index (χ0v) is 7.97. The van der Waals surface area contributed by atoms with E-state index in [1.54, 1.807) is 6.92 Å². The molecule has 2 N–H and O–H groups in total. The van der Waals surface area contributed by atoms with Crippen molar-refractivity contribution >= 4 is 11.8 Å². The van der Waals surface area contributed by atoms with Gasteiger partial charge in [0.15, 0.2) is 0 Å². The Morgan fingerprint density at radius 3 is 2.79 bits per heavy atom. The molecule has 78 valence electrons. The van der Waals surface area contributed by atoms with Crippen LogP contribution in [0.25, 0.3) is 0 Å². The highest BCUT2D eigenvalue weighted by Crippen LogP contribution is 2.48. The molecular weight excluding hydrogens is 187 g/mol. The van der Waals surface area contributed by atoms with Gasteiger partial charge in [0, 0.05) is 6.54 Å². The fourth-order valence-electron chi connectivity index (χ4n) is 1.60. The number of halogens is 1. The molecule has 0 radical (unpaired) electrons. The lowest BCUT2D eigenvalue weighted by Gasteiger charge is -2.13. The molecule has 2 fully saturated rings. The molecule has 1 saturated carbocycles. The minimum absolute atomic E-state index is 0.169. The first-order chi connectivity index (χ1) is 6.54. The van der Waals surface area contributed by atoms with Gasteiger partial charge in [-0.2, -0.15) is 0 Å². The van der Waals surface area contributed by atoms with E-state index in [0.717, 1.165) is 0 Å². The number of amides is 2. The summed E-state index contributed by atoms with van der Waals surface area (Å²) in [6.45, 7) is 2.17. The van der Waals surface area contributed by atoms with Gasteiger partial charge >= 0.3 is 0 Å². The van der Waals surface area contributed by atoms with E-state index in [4.69, 9.17) is 0 Å². The highest BCUT2D eigenvalue weighted by molar-refractivity contribution is 5.92. The summed E-state index contributed by atoms with van der Waals surface area (Å²) in [6, 6.07) is -0.466. The molecule has 0 spiro atoms. The van der Waals surface area contributed by atoms with Crippen LogP contribution < -0.4 is 10.6 Å². The second-order valence-electron chi connectivity index (χ2n) is 4.19. The molecule has 4 nitrogen and oxygen atoms in total. The molecule has 0 aromatic heterocycles. The van der Waals surface area contributed by atoms with E-state index in [2.05, 4.69) is 10.6 Å². The molecule has 14 heavy (non-hydrogen) atoms. The van der Waals surface area contributed by atoms with Gasteiger partial charge in [-0.15, -0.1) is 0 Å². The predicted molar refractivity (Wildman–Crippen MR) is 47.2 cm³/mol. The number of carbonyl (C=O) groups is 2. The summed E-state index contributed by atoms with van der Waals surface area (Å²) in [5.74, 6) is -0.509. The van der Waals surface area contributed by atoms with Crippen LogP contribution in [0.15, 0.2) is 0 Å². The zero-order chi connectivity index (χ0) is 10.3. The summed E-state index contributed by atoms with van der Waals surface area (Å²) < 4.78 is 12.8. The van der Waals surface area contributed by atoms with Crippen molar-refractivity contribution in [3.05, 3.63) is 0 Å². The smallest absolute Gasteiger partial charge is 0.242 e. The fraction of sp³-hybridized carbons (Fsp3) is 0.778. The molecule has 2 aliphatic rings. The van der Waals surface area contributed by atoms with E-state index in [0.29, 0.717) is 13.0 Å². The largest absolute Gasteiger partial charge is 0.354 e. The van der Waals surface area contributed by atoms with E-state index in [-0.39, 0.29) is 18.2 Å². The summed E-state index contributed by atoms with van der Waals surface area (Å²) in [5, 5.41) is 5.18. The molecule has 0 aromatic rings. The minimum Gasteiger partial charge on any atom is -0.354 e. The Morgan fingerprint density at radius 1 is 1.71 bits per heavy atom. The SMILES string of the molecule is CC1(C(=O)NC2CCNC2=O)CC1F. The lowest BCUT2D eigenvalue weighted by Crippen LogP contribution is -2.43. The van der Waals surface area contributed by atoms with Crippen LogP contribution >= 0.6 is 0 Å². The molecular formula is C9H13FN2O2. The van der Waals surface area contributed by atoms with E-state index in [1.165, 1.54) is 0 Å². The van der Waals surface area contributed by atoms with Gasteiger partial charge in [0.05, 0.1) is 5.41 Å². The molecule has 2 rings (SSSR count). The van der Waals surface area contributed by atoms with E-state index in [9.17, 15) is 14.0 Å². The minimum atomic E-state index is -1.05. The van der Waals surface area contributed by atoms with Crippen molar-refractivity contribution in [1.29, 1.82) is 0 Å². The summed E-state index contributed by atoms with van der Waals surface area (Å²) in [5.41, 5.74) is -0.886. The number of hydrogen-bond acceptors (Lipinski definition) is 2. The first-order valence-corrected chi connectivity index (χ1v) is 4.77. The molecule has 1 aliphatic carbocycles. The Bertz CT molecular complexity index is 295. The summed E-state index contributed by atoms with van der Waals surface area (Å²) in [6.07, 6.45) is -0.183. The third-order valence-electron chi connectivity index (χ3n) is 3.01. The topological polar surface area (TPSA) is 58.2 Å². The van der Waals surface area contributed by atoms with Gasteiger partial charge in [-0.05, 0) is 19.8 Å². The van der Waals surface area contributed by atoms with Crippen LogP contribution in [0, 0.1) is 5.41 Å². The second kappa shape index (κ2) is 2.93. The van der Waals surface area contributed by atoms with Crippen molar-refractivity contribution in [1.82, 2.24) is 10.6 Å². The molecule has 1 aliphatic heterocycles. The number of nitrogens with one attached hydrogen (secondary N) is 2. The Labute approximate surface area is 81.2 Å². The average molecular weight is 200 g/mol. The molecule has 3 unspecified atom stereocenters. The Hall–Kier alpha value is -1.13. The molecule has 1 heterocycles. The van der Waals surface area contributed by atoms with E-state index < -0.39 is 17.6 Å². The standard InChI is InChI=1S/C9H13FN2O2/c1-9(4-6(9)10)8(14)12-5-2-3-11-7(5)13/h5-6H,2-4H2,1H3,(H,11,13)(H,12,14). The summed E-state index contributed by atoms with van der Waals surface area (Å²) >= 11 is 0. The van der Waals surface area contributed by atoms with Crippen LogP contribution in [0.2, 0.25) is 0 Å². The van der Waals surface area contributed by atoms with Gasteiger partial charge in [-0.3, -0.25) is 9.59 Å². The normalized spacial score (nSPS) is 40.6. The van der Waals surface area contributed by atoms with Crippen LogP contribution in [0.4, 0.5) is 4.39 Å². The average Bonchev–Trinajstić information content (AvgIpc) is 2.55. The predicted octanol–water partition coefficient (Wildman–Crippen LogP) is -0.261. The lowest BCUT2D eigenvalue weighted by atomic mass is 10.1. The van der Waals surface area contributed by atoms with Gasteiger partial charge in [0.25, 0.3) is 0 Å². The second-order valence-corrected chi connectivity index (χ2v) is 4.19. The maximum absolute atomic E-state index is 12.8. The van der Waals surface area contributed by atoms with Crippen molar-refractivity contribution < 1.29 is 14.0 Å². The monoisotopic (exact) mass is 200 g/mol. The highest BCUT2D eigenvalue weighted by Gasteiger charge is 2.57. The van der Waals surface area contributed by atoms with Gasteiger partial charge < -0.3 is 10.6 Å². The third-order valence-corrected chi connectivity index (χ3v) is 3.01. The molecule has 3 atom stereocenters. The van der Waals surface area contributed by atoms with Gasteiger partial charge in [-0.1, -0.05) is 0 Å². The Kier molecular flexibility index (Phi) is 1.97. The molecule has 0 bridgehead atoms. The van der Waals surface area contributed by atoms with Crippen molar-refractivity contribution in [2.24, 2.45) is 5.41 Å². The molecule has 2 amide bonds. The number of alkyl halides is 1. The lowest BCUT2D eigenvalue weighted by molar-refractivity contribution is -0.130. The van der Waals surface area contributed by atoms with Gasteiger partial charge in [-0.25, -0.2) is 4.39 Å². The molecule has 0 aromatic carbocycles. The number of hydrogen-bond donors (Lipinski definition) is 2. The van der Waals surface area contributed by atoms with Crippen molar-refractivity contribution in [3.63, 3.8) is 0 Å². The summed E-state index contributed by atoms with van der Waals surface area (Å²) in [7, 11) is 0. The number of rotatable bonds is 2. The zero-order valence-electron chi connectivity index (χ0n) is 7.97.